The SMILES string of the molecule is CCC(Cc1cn(CC)nn1)c1cccc(Br)c1. The normalized spacial score (nSPS) is 12.6. The van der Waals surface area contributed by atoms with Gasteiger partial charge in [0.15, 0.2) is 0 Å². The molecule has 0 saturated carbocycles. The molecule has 0 N–H and O–H groups in total. The van der Waals surface area contributed by atoms with Gasteiger partial charge in [-0.3, -0.25) is 4.68 Å². The van der Waals surface area contributed by atoms with Crippen molar-refractivity contribution in [1.82, 2.24) is 15.0 Å². The van der Waals surface area contributed by atoms with Crippen LogP contribution in [0.15, 0.2) is 34.9 Å². The predicted octanol–water partition coefficient (Wildman–Crippen LogP) is 3.80. The maximum atomic E-state index is 4.22. The van der Waals surface area contributed by atoms with Crippen molar-refractivity contribution in [3.63, 3.8) is 0 Å². The van der Waals surface area contributed by atoms with Crippen molar-refractivity contribution >= 4 is 15.9 Å². The molecule has 2 rings (SSSR count). The van der Waals surface area contributed by atoms with Gasteiger partial charge in [0.25, 0.3) is 0 Å². The molecule has 0 bridgehead atoms. The average Bonchev–Trinajstić information content (AvgIpc) is 2.83. The Morgan fingerprint density at radius 2 is 2.17 bits per heavy atom. The van der Waals surface area contributed by atoms with Crippen LogP contribution in [0.4, 0.5) is 0 Å². The van der Waals surface area contributed by atoms with Crippen LogP contribution in [0.25, 0.3) is 0 Å². The second-order valence-electron chi connectivity index (χ2n) is 4.43. The number of aryl methyl sites for hydroxylation is 1. The van der Waals surface area contributed by atoms with E-state index in [2.05, 4.69) is 64.4 Å². The van der Waals surface area contributed by atoms with Crippen molar-refractivity contribution in [3.05, 3.63) is 46.2 Å². The quantitative estimate of drug-likeness (QED) is 0.841. The third-order valence-corrected chi connectivity index (χ3v) is 3.67. The third kappa shape index (κ3) is 3.19. The molecule has 1 aromatic heterocycles. The Balaban J connectivity index is 2.14. The standard InChI is InChI=1S/C14H18BrN3/c1-3-11(12-6-5-7-13(15)8-12)9-14-10-18(4-2)17-16-14/h5-8,10-11H,3-4,9H2,1-2H3. The summed E-state index contributed by atoms with van der Waals surface area (Å²) in [6, 6.07) is 8.52. The lowest BCUT2D eigenvalue weighted by Crippen LogP contribution is -2.02. The highest BCUT2D eigenvalue weighted by Crippen LogP contribution is 2.25. The Morgan fingerprint density at radius 1 is 1.33 bits per heavy atom. The Morgan fingerprint density at radius 3 is 2.78 bits per heavy atom. The lowest BCUT2D eigenvalue weighted by molar-refractivity contribution is 0.624. The van der Waals surface area contributed by atoms with Gasteiger partial charge in [-0.2, -0.15) is 0 Å². The van der Waals surface area contributed by atoms with E-state index in [0.717, 1.165) is 29.6 Å². The molecule has 2 aromatic rings. The largest absolute Gasteiger partial charge is 0.253 e. The number of aromatic nitrogens is 3. The molecule has 1 aromatic carbocycles. The molecule has 1 atom stereocenters. The second-order valence-corrected chi connectivity index (χ2v) is 5.35. The van der Waals surface area contributed by atoms with Crippen molar-refractivity contribution in [1.29, 1.82) is 0 Å². The number of benzene rings is 1. The third-order valence-electron chi connectivity index (χ3n) is 3.18. The Hall–Kier alpha value is -1.16. The van der Waals surface area contributed by atoms with Crippen LogP contribution in [0.1, 0.15) is 37.4 Å². The summed E-state index contributed by atoms with van der Waals surface area (Å²) in [5, 5.41) is 8.31. The van der Waals surface area contributed by atoms with E-state index in [-0.39, 0.29) is 0 Å². The highest BCUT2D eigenvalue weighted by atomic mass is 79.9. The van der Waals surface area contributed by atoms with Gasteiger partial charge >= 0.3 is 0 Å². The van der Waals surface area contributed by atoms with Crippen LogP contribution >= 0.6 is 15.9 Å². The molecule has 18 heavy (non-hydrogen) atoms. The van der Waals surface area contributed by atoms with Crippen LogP contribution in [0.5, 0.6) is 0 Å². The Kier molecular flexibility index (Phi) is 4.53. The molecular formula is C14H18BrN3. The summed E-state index contributed by atoms with van der Waals surface area (Å²) in [5.41, 5.74) is 2.43. The van der Waals surface area contributed by atoms with Crippen molar-refractivity contribution in [2.75, 3.05) is 0 Å². The topological polar surface area (TPSA) is 30.7 Å². The van der Waals surface area contributed by atoms with Crippen molar-refractivity contribution in [2.24, 2.45) is 0 Å². The summed E-state index contributed by atoms with van der Waals surface area (Å²) < 4.78 is 3.01. The first-order valence-electron chi connectivity index (χ1n) is 6.37. The fraction of sp³-hybridized carbons (Fsp3) is 0.429. The van der Waals surface area contributed by atoms with Gasteiger partial charge in [-0.15, -0.1) is 5.10 Å². The van der Waals surface area contributed by atoms with Crippen LogP contribution in [0, 0.1) is 0 Å². The van der Waals surface area contributed by atoms with Gasteiger partial charge in [0.1, 0.15) is 0 Å². The minimum Gasteiger partial charge on any atom is -0.253 e. The zero-order chi connectivity index (χ0) is 13.0. The van der Waals surface area contributed by atoms with E-state index >= 15 is 0 Å². The van der Waals surface area contributed by atoms with E-state index in [0.29, 0.717) is 5.92 Å². The van der Waals surface area contributed by atoms with E-state index in [9.17, 15) is 0 Å². The first-order valence-corrected chi connectivity index (χ1v) is 7.16. The lowest BCUT2D eigenvalue weighted by atomic mass is 9.92. The van der Waals surface area contributed by atoms with Gasteiger partial charge < -0.3 is 0 Å². The minimum atomic E-state index is 0.504. The smallest absolute Gasteiger partial charge is 0.0833 e. The van der Waals surface area contributed by atoms with Gasteiger partial charge in [-0.05, 0) is 43.4 Å². The first kappa shape index (κ1) is 13.3. The number of hydrogen-bond acceptors (Lipinski definition) is 2. The van der Waals surface area contributed by atoms with E-state index in [1.807, 2.05) is 10.9 Å². The summed E-state index contributed by atoms with van der Waals surface area (Å²) in [4.78, 5) is 0. The molecule has 0 fully saturated rings. The summed E-state index contributed by atoms with van der Waals surface area (Å²) in [7, 11) is 0. The number of rotatable bonds is 5. The van der Waals surface area contributed by atoms with Crippen molar-refractivity contribution in [2.45, 2.75) is 39.2 Å². The number of halogens is 1. The predicted molar refractivity (Wildman–Crippen MR) is 76.6 cm³/mol. The molecule has 0 aliphatic rings. The molecule has 1 unspecified atom stereocenters. The molecule has 0 aliphatic heterocycles. The Bertz CT molecular complexity index is 507. The zero-order valence-corrected chi connectivity index (χ0v) is 12.4. The molecule has 0 aliphatic carbocycles. The molecule has 96 valence electrons. The molecule has 1 heterocycles. The summed E-state index contributed by atoms with van der Waals surface area (Å²) >= 11 is 3.53. The number of hydrogen-bond donors (Lipinski definition) is 0. The van der Waals surface area contributed by atoms with Crippen LogP contribution in [-0.4, -0.2) is 15.0 Å². The van der Waals surface area contributed by atoms with E-state index < -0.39 is 0 Å². The van der Waals surface area contributed by atoms with Crippen LogP contribution < -0.4 is 0 Å². The minimum absolute atomic E-state index is 0.504. The first-order chi connectivity index (χ1) is 8.72. The zero-order valence-electron chi connectivity index (χ0n) is 10.8. The second kappa shape index (κ2) is 6.14. The maximum absolute atomic E-state index is 4.22. The molecule has 3 nitrogen and oxygen atoms in total. The molecular weight excluding hydrogens is 290 g/mol. The van der Waals surface area contributed by atoms with E-state index in [4.69, 9.17) is 0 Å². The Labute approximate surface area is 116 Å². The summed E-state index contributed by atoms with van der Waals surface area (Å²) in [6.07, 6.45) is 4.10. The van der Waals surface area contributed by atoms with Crippen LogP contribution in [-0.2, 0) is 13.0 Å². The van der Waals surface area contributed by atoms with Crippen LogP contribution in [0.3, 0.4) is 0 Å². The van der Waals surface area contributed by atoms with Crippen molar-refractivity contribution in [3.8, 4) is 0 Å². The highest BCUT2D eigenvalue weighted by Gasteiger charge is 2.12. The summed E-state index contributed by atoms with van der Waals surface area (Å²) in [5.74, 6) is 0.504. The molecule has 0 amide bonds. The average molecular weight is 308 g/mol. The molecule has 0 spiro atoms. The van der Waals surface area contributed by atoms with E-state index in [1.54, 1.807) is 0 Å². The van der Waals surface area contributed by atoms with Gasteiger partial charge in [-0.25, -0.2) is 0 Å². The highest BCUT2D eigenvalue weighted by molar-refractivity contribution is 9.10. The maximum Gasteiger partial charge on any atom is 0.0833 e. The number of nitrogens with zero attached hydrogens (tertiary/aromatic N) is 3. The summed E-state index contributed by atoms with van der Waals surface area (Å²) in [6.45, 7) is 5.17. The van der Waals surface area contributed by atoms with Crippen LogP contribution in [0.2, 0.25) is 0 Å². The lowest BCUT2D eigenvalue weighted by Gasteiger charge is -2.13. The van der Waals surface area contributed by atoms with E-state index in [1.165, 1.54) is 5.56 Å². The molecule has 0 saturated heterocycles. The van der Waals surface area contributed by atoms with Crippen molar-refractivity contribution < 1.29 is 0 Å². The van der Waals surface area contributed by atoms with Gasteiger partial charge in [0.05, 0.1) is 5.69 Å². The fourth-order valence-corrected chi connectivity index (χ4v) is 2.51. The van der Waals surface area contributed by atoms with Gasteiger partial charge in [0.2, 0.25) is 0 Å². The molecule has 0 radical (unpaired) electrons. The van der Waals surface area contributed by atoms with Gasteiger partial charge in [-0.1, -0.05) is 40.2 Å². The fourth-order valence-electron chi connectivity index (χ4n) is 2.10. The molecule has 4 heteroatoms. The monoisotopic (exact) mass is 307 g/mol. The van der Waals surface area contributed by atoms with Gasteiger partial charge in [0, 0.05) is 17.2 Å².